The van der Waals surface area contributed by atoms with Gasteiger partial charge in [-0.3, -0.25) is 14.5 Å². The Morgan fingerprint density at radius 2 is 2.12 bits per heavy atom. The quantitative estimate of drug-likeness (QED) is 0.898. The van der Waals surface area contributed by atoms with Gasteiger partial charge in [0.15, 0.2) is 0 Å². The zero-order valence-electron chi connectivity index (χ0n) is 13.0. The van der Waals surface area contributed by atoms with E-state index in [4.69, 9.17) is 4.74 Å². The first-order valence-electron chi connectivity index (χ1n) is 7.25. The normalized spacial score (nSPS) is 21.8. The Bertz CT molecular complexity index is 737. The van der Waals surface area contributed by atoms with Crippen LogP contribution in [0, 0.1) is 0 Å². The van der Waals surface area contributed by atoms with E-state index >= 15 is 0 Å². The Morgan fingerprint density at radius 3 is 2.79 bits per heavy atom. The van der Waals surface area contributed by atoms with Crippen molar-refractivity contribution in [3.8, 4) is 0 Å². The third-order valence-corrected chi connectivity index (χ3v) is 4.02. The van der Waals surface area contributed by atoms with E-state index in [1.807, 2.05) is 0 Å². The van der Waals surface area contributed by atoms with Gasteiger partial charge in [0.2, 0.25) is 5.91 Å². The monoisotopic (exact) mass is 339 g/mol. The van der Waals surface area contributed by atoms with Crippen molar-refractivity contribution in [2.24, 2.45) is 0 Å². The minimum Gasteiger partial charge on any atom is -0.442 e. The second kappa shape index (κ2) is 5.43. The van der Waals surface area contributed by atoms with Crippen LogP contribution < -0.4 is 15.1 Å². The number of ether oxygens (including phenoxy) is 1. The van der Waals surface area contributed by atoms with E-state index in [2.05, 4.69) is 5.32 Å². The predicted molar refractivity (Wildman–Crippen MR) is 80.0 cm³/mol. The predicted octanol–water partition coefficient (Wildman–Crippen LogP) is 1.22. The summed E-state index contributed by atoms with van der Waals surface area (Å²) in [6.07, 6.45) is -1.26. The summed E-state index contributed by atoms with van der Waals surface area (Å²) in [5, 5.41) is 2.53. The van der Waals surface area contributed by atoms with Crippen LogP contribution in [0.4, 0.5) is 25.0 Å². The van der Waals surface area contributed by atoms with Gasteiger partial charge < -0.3 is 15.0 Å². The molecule has 0 aromatic heterocycles. The highest BCUT2D eigenvalue weighted by Gasteiger charge is 2.52. The lowest BCUT2D eigenvalue weighted by molar-refractivity contribution is -0.141. The first-order valence-corrected chi connectivity index (χ1v) is 7.25. The van der Waals surface area contributed by atoms with Crippen molar-refractivity contribution in [2.75, 3.05) is 29.9 Å². The molecule has 0 radical (unpaired) electrons. The first kappa shape index (κ1) is 16.2. The summed E-state index contributed by atoms with van der Waals surface area (Å²) in [7, 11) is 1.27. The zero-order chi connectivity index (χ0) is 17.6. The maximum Gasteiger partial charge on any atom is 0.414 e. The fraction of sp³-hybridized carbons (Fsp3) is 0.400. The van der Waals surface area contributed by atoms with Gasteiger partial charge in [0.25, 0.3) is 0 Å². The van der Waals surface area contributed by atoms with Crippen LogP contribution in [-0.2, 0) is 20.2 Å². The average molecular weight is 339 g/mol. The van der Waals surface area contributed by atoms with Crippen molar-refractivity contribution in [3.05, 3.63) is 23.8 Å². The van der Waals surface area contributed by atoms with E-state index < -0.39 is 29.6 Å². The van der Waals surface area contributed by atoms with Gasteiger partial charge in [-0.25, -0.2) is 4.79 Å². The third-order valence-electron chi connectivity index (χ3n) is 4.02. The van der Waals surface area contributed by atoms with Crippen LogP contribution in [0.5, 0.6) is 0 Å². The molecule has 128 valence electrons. The summed E-state index contributed by atoms with van der Waals surface area (Å²) in [6, 6.07) is 3.97. The summed E-state index contributed by atoms with van der Waals surface area (Å²) >= 11 is 0. The lowest BCUT2D eigenvalue weighted by Gasteiger charge is -2.15. The van der Waals surface area contributed by atoms with E-state index in [-0.39, 0.29) is 30.4 Å². The number of amides is 3. The number of carbonyl (C=O) groups is 3. The molecule has 2 heterocycles. The molecule has 2 aliphatic heterocycles. The number of hydrogen-bond donors (Lipinski definition) is 1. The SMILES string of the molecule is CC(=O)NC[C@H]1CN(c2ccc3c(c2)C(F)(F)C(=O)N3C)C(=O)O1. The molecule has 7 nitrogen and oxygen atoms in total. The number of carbonyl (C=O) groups excluding carboxylic acids is 3. The number of halogens is 2. The Hall–Kier alpha value is -2.71. The fourth-order valence-corrected chi connectivity index (χ4v) is 2.77. The van der Waals surface area contributed by atoms with Crippen LogP contribution in [-0.4, -0.2) is 44.1 Å². The van der Waals surface area contributed by atoms with Crippen molar-refractivity contribution in [1.82, 2.24) is 5.32 Å². The molecule has 1 N–H and O–H groups in total. The molecule has 1 saturated heterocycles. The molecule has 0 spiro atoms. The van der Waals surface area contributed by atoms with E-state index in [1.165, 1.54) is 31.0 Å². The Labute approximate surface area is 136 Å². The lowest BCUT2D eigenvalue weighted by Crippen LogP contribution is -2.33. The lowest BCUT2D eigenvalue weighted by atomic mass is 10.1. The maximum absolute atomic E-state index is 14.1. The third kappa shape index (κ3) is 2.45. The molecule has 24 heavy (non-hydrogen) atoms. The summed E-state index contributed by atoms with van der Waals surface area (Å²) in [5.41, 5.74) is -0.117. The van der Waals surface area contributed by atoms with Crippen LogP contribution in [0.1, 0.15) is 12.5 Å². The van der Waals surface area contributed by atoms with Crippen LogP contribution >= 0.6 is 0 Å². The molecule has 1 aromatic carbocycles. The van der Waals surface area contributed by atoms with Crippen molar-refractivity contribution in [1.29, 1.82) is 0 Å². The number of nitrogens with one attached hydrogen (secondary N) is 1. The molecular formula is C15H15F2N3O4. The number of nitrogens with zero attached hydrogens (tertiary/aromatic N) is 2. The van der Waals surface area contributed by atoms with Gasteiger partial charge in [-0.2, -0.15) is 8.78 Å². The molecule has 2 aliphatic rings. The molecule has 0 unspecified atom stereocenters. The number of fused-ring (bicyclic) bond motifs is 1. The number of rotatable bonds is 3. The summed E-state index contributed by atoms with van der Waals surface area (Å²) in [6.45, 7) is 1.60. The van der Waals surface area contributed by atoms with E-state index in [9.17, 15) is 23.2 Å². The molecule has 0 bridgehead atoms. The number of alkyl halides is 2. The van der Waals surface area contributed by atoms with Gasteiger partial charge in [0, 0.05) is 19.7 Å². The standard InChI is InChI=1S/C15H15F2N3O4/c1-8(21)18-6-10-7-20(14(23)24-10)9-3-4-12-11(5-9)15(16,17)13(22)19(12)2/h3-5,10H,6-7H2,1-2H3,(H,18,21)/t10-/m0/s1. The van der Waals surface area contributed by atoms with Crippen molar-refractivity contribution in [3.63, 3.8) is 0 Å². The van der Waals surface area contributed by atoms with Gasteiger partial charge in [-0.05, 0) is 18.2 Å². The minimum atomic E-state index is -3.63. The Balaban J connectivity index is 1.85. The molecule has 9 heteroatoms. The second-order valence-corrected chi connectivity index (χ2v) is 5.69. The molecule has 0 aliphatic carbocycles. The molecule has 0 saturated carbocycles. The maximum atomic E-state index is 14.1. The largest absolute Gasteiger partial charge is 0.442 e. The molecule has 1 aromatic rings. The minimum absolute atomic E-state index is 0.108. The van der Waals surface area contributed by atoms with Gasteiger partial charge in [0.05, 0.1) is 24.3 Å². The smallest absolute Gasteiger partial charge is 0.414 e. The van der Waals surface area contributed by atoms with Gasteiger partial charge in [-0.15, -0.1) is 0 Å². The average Bonchev–Trinajstić information content (AvgIpc) is 2.98. The topological polar surface area (TPSA) is 79.0 Å². The van der Waals surface area contributed by atoms with Gasteiger partial charge in [0.1, 0.15) is 6.10 Å². The summed E-state index contributed by atoms with van der Waals surface area (Å²) in [5.74, 6) is -5.19. The van der Waals surface area contributed by atoms with Crippen LogP contribution in [0.2, 0.25) is 0 Å². The summed E-state index contributed by atoms with van der Waals surface area (Å²) < 4.78 is 33.2. The highest BCUT2D eigenvalue weighted by molar-refractivity contribution is 6.06. The number of anilines is 2. The first-order chi connectivity index (χ1) is 11.2. The van der Waals surface area contributed by atoms with Crippen LogP contribution in [0.15, 0.2) is 18.2 Å². The second-order valence-electron chi connectivity index (χ2n) is 5.69. The number of likely N-dealkylation sites (N-methyl/N-ethyl adjacent to an activating group) is 1. The number of cyclic esters (lactones) is 1. The fourth-order valence-electron chi connectivity index (χ4n) is 2.77. The molecule has 3 rings (SSSR count). The molecule has 3 amide bonds. The molecule has 1 fully saturated rings. The highest BCUT2D eigenvalue weighted by atomic mass is 19.3. The number of benzene rings is 1. The van der Waals surface area contributed by atoms with Crippen LogP contribution in [0.3, 0.4) is 0 Å². The zero-order valence-corrected chi connectivity index (χ0v) is 13.0. The van der Waals surface area contributed by atoms with Crippen LogP contribution in [0.25, 0.3) is 0 Å². The van der Waals surface area contributed by atoms with Crippen molar-refractivity contribution < 1.29 is 27.9 Å². The van der Waals surface area contributed by atoms with Crippen molar-refractivity contribution in [2.45, 2.75) is 19.0 Å². The number of hydrogen-bond acceptors (Lipinski definition) is 4. The van der Waals surface area contributed by atoms with E-state index in [0.29, 0.717) is 0 Å². The Kier molecular flexibility index (Phi) is 3.66. The van der Waals surface area contributed by atoms with Gasteiger partial charge in [-0.1, -0.05) is 0 Å². The van der Waals surface area contributed by atoms with Crippen molar-refractivity contribution >= 4 is 29.3 Å². The molecular weight excluding hydrogens is 324 g/mol. The summed E-state index contributed by atoms with van der Waals surface area (Å²) in [4.78, 5) is 36.6. The van der Waals surface area contributed by atoms with Gasteiger partial charge >= 0.3 is 17.9 Å². The Morgan fingerprint density at radius 1 is 1.42 bits per heavy atom. The van der Waals surface area contributed by atoms with E-state index in [1.54, 1.807) is 0 Å². The highest BCUT2D eigenvalue weighted by Crippen LogP contribution is 2.45. The molecule has 1 atom stereocenters. The van der Waals surface area contributed by atoms with E-state index in [0.717, 1.165) is 11.0 Å².